The Bertz CT molecular complexity index is 375. The van der Waals surface area contributed by atoms with Gasteiger partial charge in [-0.05, 0) is 31.0 Å². The van der Waals surface area contributed by atoms with Crippen molar-refractivity contribution in [2.45, 2.75) is 17.7 Å². The van der Waals surface area contributed by atoms with Crippen LogP contribution >= 0.6 is 11.8 Å². The number of amidine groups is 1. The Morgan fingerprint density at radius 3 is 2.81 bits per heavy atom. The highest BCUT2D eigenvalue weighted by Crippen LogP contribution is 2.26. The number of thioether (sulfide) groups is 1. The molecule has 1 fully saturated rings. The van der Waals surface area contributed by atoms with Crippen LogP contribution in [0, 0.1) is 5.41 Å². The van der Waals surface area contributed by atoms with Gasteiger partial charge in [0.1, 0.15) is 5.75 Å². The zero-order valence-electron chi connectivity index (χ0n) is 9.40. The number of likely N-dealkylation sites (tertiary alicyclic amines) is 1. The SMILES string of the molecule is COc1cccc(SC(=N)N2CCCC2)c1. The molecule has 0 atom stereocenters. The predicted molar refractivity (Wildman–Crippen MR) is 67.4 cm³/mol. The van der Waals surface area contributed by atoms with Gasteiger partial charge in [0, 0.05) is 18.0 Å². The van der Waals surface area contributed by atoms with Crippen LogP contribution in [0.3, 0.4) is 0 Å². The quantitative estimate of drug-likeness (QED) is 0.487. The largest absolute Gasteiger partial charge is 0.497 e. The summed E-state index contributed by atoms with van der Waals surface area (Å²) in [6, 6.07) is 7.86. The first-order valence-electron chi connectivity index (χ1n) is 5.45. The molecule has 2 rings (SSSR count). The van der Waals surface area contributed by atoms with E-state index in [1.807, 2.05) is 24.3 Å². The van der Waals surface area contributed by atoms with Crippen molar-refractivity contribution in [1.29, 1.82) is 5.41 Å². The van der Waals surface area contributed by atoms with Crippen LogP contribution in [0.2, 0.25) is 0 Å². The maximum absolute atomic E-state index is 8.00. The van der Waals surface area contributed by atoms with E-state index in [9.17, 15) is 0 Å². The molecule has 0 unspecified atom stereocenters. The minimum absolute atomic E-state index is 0.644. The summed E-state index contributed by atoms with van der Waals surface area (Å²) in [6.45, 7) is 2.05. The zero-order valence-corrected chi connectivity index (χ0v) is 10.2. The highest BCUT2D eigenvalue weighted by molar-refractivity contribution is 8.13. The van der Waals surface area contributed by atoms with Crippen molar-refractivity contribution in [2.24, 2.45) is 0 Å². The van der Waals surface area contributed by atoms with Crippen LogP contribution in [-0.4, -0.2) is 30.3 Å². The Kier molecular flexibility index (Phi) is 3.72. The molecule has 1 N–H and O–H groups in total. The molecule has 16 heavy (non-hydrogen) atoms. The minimum atomic E-state index is 0.644. The first kappa shape index (κ1) is 11.3. The Labute approximate surface area is 100 Å². The van der Waals surface area contributed by atoms with E-state index in [1.165, 1.54) is 24.6 Å². The molecule has 0 aliphatic carbocycles. The molecule has 1 saturated heterocycles. The van der Waals surface area contributed by atoms with E-state index in [0.29, 0.717) is 5.17 Å². The molecule has 1 aliphatic rings. The topological polar surface area (TPSA) is 36.3 Å². The van der Waals surface area contributed by atoms with Crippen molar-refractivity contribution in [3.05, 3.63) is 24.3 Å². The lowest BCUT2D eigenvalue weighted by Crippen LogP contribution is -2.23. The number of methoxy groups -OCH3 is 1. The molecule has 3 nitrogen and oxygen atoms in total. The molecule has 0 amide bonds. The van der Waals surface area contributed by atoms with Gasteiger partial charge in [-0.1, -0.05) is 17.8 Å². The monoisotopic (exact) mass is 236 g/mol. The minimum Gasteiger partial charge on any atom is -0.497 e. The standard InChI is InChI=1S/C12H16N2OS/c1-15-10-5-4-6-11(9-10)16-12(13)14-7-2-3-8-14/h4-6,9,13H,2-3,7-8H2,1H3. The van der Waals surface area contributed by atoms with Gasteiger partial charge in [0.15, 0.2) is 5.17 Å². The summed E-state index contributed by atoms with van der Waals surface area (Å²) in [4.78, 5) is 3.20. The van der Waals surface area contributed by atoms with E-state index in [2.05, 4.69) is 4.90 Å². The van der Waals surface area contributed by atoms with E-state index >= 15 is 0 Å². The highest BCUT2D eigenvalue weighted by Gasteiger charge is 2.15. The van der Waals surface area contributed by atoms with Gasteiger partial charge in [-0.25, -0.2) is 0 Å². The van der Waals surface area contributed by atoms with Gasteiger partial charge in [0.2, 0.25) is 0 Å². The number of hydrogen-bond acceptors (Lipinski definition) is 3. The molecule has 1 aliphatic heterocycles. The van der Waals surface area contributed by atoms with Gasteiger partial charge in [0.25, 0.3) is 0 Å². The lowest BCUT2D eigenvalue weighted by atomic mass is 10.3. The Morgan fingerprint density at radius 2 is 2.12 bits per heavy atom. The molecule has 4 heteroatoms. The maximum atomic E-state index is 8.00. The number of hydrogen-bond donors (Lipinski definition) is 1. The first-order chi connectivity index (χ1) is 7.79. The van der Waals surface area contributed by atoms with Crippen molar-refractivity contribution in [3.63, 3.8) is 0 Å². The predicted octanol–water partition coefficient (Wildman–Crippen LogP) is 2.82. The van der Waals surface area contributed by atoms with Gasteiger partial charge in [0.05, 0.1) is 7.11 Å². The van der Waals surface area contributed by atoms with E-state index in [1.54, 1.807) is 7.11 Å². The van der Waals surface area contributed by atoms with Gasteiger partial charge in [-0.2, -0.15) is 0 Å². The summed E-state index contributed by atoms with van der Waals surface area (Å²) in [7, 11) is 1.66. The fourth-order valence-corrected chi connectivity index (χ4v) is 2.62. The van der Waals surface area contributed by atoms with Crippen LogP contribution in [0.25, 0.3) is 0 Å². The van der Waals surface area contributed by atoms with Gasteiger partial charge < -0.3 is 9.64 Å². The molecule has 86 valence electrons. The number of benzene rings is 1. The van der Waals surface area contributed by atoms with Crippen molar-refractivity contribution < 1.29 is 4.74 Å². The molecule has 0 radical (unpaired) electrons. The van der Waals surface area contributed by atoms with E-state index in [4.69, 9.17) is 10.1 Å². The second-order valence-electron chi connectivity index (χ2n) is 3.78. The number of nitrogens with one attached hydrogen (secondary N) is 1. The van der Waals surface area contributed by atoms with Gasteiger partial charge in [-0.3, -0.25) is 5.41 Å². The second kappa shape index (κ2) is 5.25. The van der Waals surface area contributed by atoms with Crippen molar-refractivity contribution in [3.8, 4) is 5.75 Å². The van der Waals surface area contributed by atoms with Crippen LogP contribution in [0.15, 0.2) is 29.2 Å². The fraction of sp³-hybridized carbons (Fsp3) is 0.417. The Morgan fingerprint density at radius 1 is 1.38 bits per heavy atom. The van der Waals surface area contributed by atoms with Crippen LogP contribution in [-0.2, 0) is 0 Å². The Balaban J connectivity index is 1.99. The van der Waals surface area contributed by atoms with E-state index in [0.717, 1.165) is 23.7 Å². The van der Waals surface area contributed by atoms with Gasteiger partial charge in [-0.15, -0.1) is 0 Å². The third kappa shape index (κ3) is 2.70. The highest BCUT2D eigenvalue weighted by atomic mass is 32.2. The second-order valence-corrected chi connectivity index (χ2v) is 4.84. The van der Waals surface area contributed by atoms with E-state index < -0.39 is 0 Å². The normalized spacial score (nSPS) is 15.2. The number of nitrogens with zero attached hydrogens (tertiary/aromatic N) is 1. The molecule has 0 aromatic heterocycles. The van der Waals surface area contributed by atoms with Crippen molar-refractivity contribution in [1.82, 2.24) is 4.90 Å². The average molecular weight is 236 g/mol. The summed E-state index contributed by atoms with van der Waals surface area (Å²) in [5.41, 5.74) is 0. The van der Waals surface area contributed by atoms with Crippen molar-refractivity contribution >= 4 is 16.9 Å². The van der Waals surface area contributed by atoms with E-state index in [-0.39, 0.29) is 0 Å². The summed E-state index contributed by atoms with van der Waals surface area (Å²) in [6.07, 6.45) is 2.42. The molecule has 1 aromatic carbocycles. The molecular formula is C12H16N2OS. The lowest BCUT2D eigenvalue weighted by molar-refractivity contribution is 0.413. The number of ether oxygens (including phenoxy) is 1. The Hall–Kier alpha value is -1.16. The lowest BCUT2D eigenvalue weighted by Gasteiger charge is -2.17. The van der Waals surface area contributed by atoms with Crippen LogP contribution in [0.5, 0.6) is 5.75 Å². The molecule has 1 heterocycles. The van der Waals surface area contributed by atoms with Crippen molar-refractivity contribution in [2.75, 3.05) is 20.2 Å². The maximum Gasteiger partial charge on any atom is 0.161 e. The smallest absolute Gasteiger partial charge is 0.161 e. The summed E-state index contributed by atoms with van der Waals surface area (Å²) >= 11 is 1.50. The summed E-state index contributed by atoms with van der Waals surface area (Å²) < 4.78 is 5.16. The molecule has 1 aromatic rings. The average Bonchev–Trinajstić information content (AvgIpc) is 2.83. The first-order valence-corrected chi connectivity index (χ1v) is 6.26. The summed E-state index contributed by atoms with van der Waals surface area (Å²) in [5.74, 6) is 0.847. The third-order valence-electron chi connectivity index (χ3n) is 2.65. The van der Waals surface area contributed by atoms with Crippen LogP contribution < -0.4 is 4.74 Å². The molecular weight excluding hydrogens is 220 g/mol. The zero-order chi connectivity index (χ0) is 11.4. The number of rotatable bonds is 2. The fourth-order valence-electron chi connectivity index (χ4n) is 1.76. The molecule has 0 bridgehead atoms. The van der Waals surface area contributed by atoms with Gasteiger partial charge >= 0.3 is 0 Å². The molecule has 0 saturated carbocycles. The van der Waals surface area contributed by atoms with Crippen LogP contribution in [0.1, 0.15) is 12.8 Å². The molecule has 0 spiro atoms. The summed E-state index contributed by atoms with van der Waals surface area (Å²) in [5, 5.41) is 8.64. The van der Waals surface area contributed by atoms with Crippen LogP contribution in [0.4, 0.5) is 0 Å². The third-order valence-corrected chi connectivity index (χ3v) is 3.59.